The molecule has 1 aromatic carbocycles. The van der Waals surface area contributed by atoms with Gasteiger partial charge in [0.1, 0.15) is 18.1 Å². The monoisotopic (exact) mass is 429 g/mol. The highest BCUT2D eigenvalue weighted by Crippen LogP contribution is 2.35. The molecule has 0 bridgehead atoms. The number of benzene rings is 1. The number of hydrogen-bond acceptors (Lipinski definition) is 6. The second-order valence-corrected chi connectivity index (χ2v) is 9.47. The number of nitro groups is 1. The lowest BCUT2D eigenvalue weighted by atomic mass is 9.92. The highest BCUT2D eigenvalue weighted by atomic mass is 16.6. The van der Waals surface area contributed by atoms with Gasteiger partial charge in [-0.15, -0.1) is 0 Å². The molecular formula is C21H27N5O5. The molecule has 1 N–H and O–H groups in total. The predicted octanol–water partition coefficient (Wildman–Crippen LogP) is 3.21. The zero-order valence-electron chi connectivity index (χ0n) is 18.6. The number of rotatable bonds is 4. The second-order valence-electron chi connectivity index (χ2n) is 9.47. The molecule has 0 atom stereocenters. The molecule has 0 unspecified atom stereocenters. The minimum atomic E-state index is -0.562. The Bertz CT molecular complexity index is 1050. The Balaban J connectivity index is 1.88. The Hall–Kier alpha value is -3.43. The molecule has 10 heteroatoms. The maximum atomic E-state index is 12.9. The van der Waals surface area contributed by atoms with Gasteiger partial charge in [0.05, 0.1) is 21.8 Å². The molecule has 2 aromatic rings. The first-order valence-electron chi connectivity index (χ1n) is 9.90. The smallest absolute Gasteiger partial charge is 0.271 e. The van der Waals surface area contributed by atoms with Crippen molar-refractivity contribution in [3.63, 3.8) is 0 Å². The van der Waals surface area contributed by atoms with E-state index in [9.17, 15) is 19.7 Å². The van der Waals surface area contributed by atoms with E-state index in [1.807, 2.05) is 47.6 Å². The van der Waals surface area contributed by atoms with Gasteiger partial charge in [-0.25, -0.2) is 4.68 Å². The van der Waals surface area contributed by atoms with Crippen molar-refractivity contribution in [3.8, 4) is 5.75 Å². The Morgan fingerprint density at radius 3 is 2.48 bits per heavy atom. The van der Waals surface area contributed by atoms with Gasteiger partial charge in [-0.1, -0.05) is 20.8 Å². The average molecular weight is 429 g/mol. The van der Waals surface area contributed by atoms with E-state index in [0.717, 1.165) is 5.69 Å². The number of amides is 2. The first-order valence-corrected chi connectivity index (χ1v) is 9.90. The van der Waals surface area contributed by atoms with Gasteiger partial charge in [-0.05, 0) is 26.8 Å². The number of carbonyl (C=O) groups excluding carboxylic acids is 2. The topological polar surface area (TPSA) is 120 Å². The van der Waals surface area contributed by atoms with Gasteiger partial charge in [0.25, 0.3) is 11.6 Å². The molecule has 2 heterocycles. The molecule has 0 spiro atoms. The summed E-state index contributed by atoms with van der Waals surface area (Å²) in [5.41, 5.74) is 0.229. The largest absolute Gasteiger partial charge is 0.482 e. The molecule has 0 fully saturated rings. The van der Waals surface area contributed by atoms with Gasteiger partial charge < -0.3 is 10.1 Å². The highest BCUT2D eigenvalue weighted by molar-refractivity contribution is 6.05. The zero-order valence-corrected chi connectivity index (χ0v) is 18.6. The third kappa shape index (κ3) is 4.68. The van der Waals surface area contributed by atoms with Crippen LogP contribution in [0, 0.1) is 10.1 Å². The maximum Gasteiger partial charge on any atom is 0.271 e. The first-order chi connectivity index (χ1) is 14.3. The summed E-state index contributed by atoms with van der Waals surface area (Å²) >= 11 is 0. The van der Waals surface area contributed by atoms with Gasteiger partial charge in [0, 0.05) is 23.6 Å². The SMILES string of the molecule is CC(C)(C)c1cc(NC(=O)CN2C(=O)COc3ccc([N+](=O)[O-])cc32)n(C(C)(C)C)n1. The second kappa shape index (κ2) is 7.68. The number of nitrogens with zero attached hydrogens (tertiary/aromatic N) is 4. The van der Waals surface area contributed by atoms with Crippen LogP contribution in [0.25, 0.3) is 0 Å². The number of nitrogens with one attached hydrogen (secondary N) is 1. The summed E-state index contributed by atoms with van der Waals surface area (Å²) in [5, 5.41) is 18.6. The van der Waals surface area contributed by atoms with E-state index in [4.69, 9.17) is 4.74 Å². The van der Waals surface area contributed by atoms with E-state index in [0.29, 0.717) is 11.6 Å². The number of non-ortho nitro benzene ring substituents is 1. The van der Waals surface area contributed by atoms with E-state index in [1.165, 1.54) is 23.1 Å². The molecule has 0 saturated carbocycles. The summed E-state index contributed by atoms with van der Waals surface area (Å²) in [6.07, 6.45) is 0. The minimum Gasteiger partial charge on any atom is -0.482 e. The molecule has 10 nitrogen and oxygen atoms in total. The third-order valence-electron chi connectivity index (χ3n) is 4.78. The molecule has 166 valence electrons. The lowest BCUT2D eigenvalue weighted by Crippen LogP contribution is -2.43. The maximum absolute atomic E-state index is 12.9. The van der Waals surface area contributed by atoms with E-state index in [-0.39, 0.29) is 35.5 Å². The predicted molar refractivity (Wildman–Crippen MR) is 115 cm³/mol. The molecule has 31 heavy (non-hydrogen) atoms. The minimum absolute atomic E-state index is 0.192. The fourth-order valence-electron chi connectivity index (χ4n) is 3.15. The van der Waals surface area contributed by atoms with Crippen LogP contribution >= 0.6 is 0 Å². The fourth-order valence-corrected chi connectivity index (χ4v) is 3.15. The number of fused-ring (bicyclic) bond motifs is 1. The zero-order chi connectivity index (χ0) is 23.1. The summed E-state index contributed by atoms with van der Waals surface area (Å²) in [6, 6.07) is 5.78. The quantitative estimate of drug-likeness (QED) is 0.589. The molecule has 0 saturated heterocycles. The molecule has 1 aliphatic rings. The van der Waals surface area contributed by atoms with Crippen molar-refractivity contribution in [2.75, 3.05) is 23.4 Å². The van der Waals surface area contributed by atoms with Gasteiger partial charge in [0.15, 0.2) is 6.61 Å². The number of hydrogen-bond donors (Lipinski definition) is 1. The van der Waals surface area contributed by atoms with Crippen LogP contribution in [-0.2, 0) is 20.5 Å². The molecular weight excluding hydrogens is 402 g/mol. The average Bonchev–Trinajstić information content (AvgIpc) is 3.08. The highest BCUT2D eigenvalue weighted by Gasteiger charge is 2.30. The lowest BCUT2D eigenvalue weighted by molar-refractivity contribution is -0.384. The molecule has 2 amide bonds. The number of ether oxygens (including phenoxy) is 1. The number of anilines is 2. The van der Waals surface area contributed by atoms with Crippen LogP contribution in [0.4, 0.5) is 17.2 Å². The normalized spacial score (nSPS) is 14.1. The van der Waals surface area contributed by atoms with Gasteiger partial charge in [-0.2, -0.15) is 5.10 Å². The van der Waals surface area contributed by atoms with Gasteiger partial charge in [-0.3, -0.25) is 24.6 Å². The Kier molecular flexibility index (Phi) is 5.51. The Labute approximate surface area is 180 Å². The van der Waals surface area contributed by atoms with Crippen molar-refractivity contribution in [2.45, 2.75) is 52.5 Å². The van der Waals surface area contributed by atoms with Crippen LogP contribution in [-0.4, -0.2) is 39.7 Å². The third-order valence-corrected chi connectivity index (χ3v) is 4.78. The van der Waals surface area contributed by atoms with E-state index < -0.39 is 16.7 Å². The van der Waals surface area contributed by atoms with Crippen molar-refractivity contribution in [1.82, 2.24) is 9.78 Å². The summed E-state index contributed by atoms with van der Waals surface area (Å²) in [6.45, 7) is 11.5. The number of carbonyl (C=O) groups is 2. The summed E-state index contributed by atoms with van der Waals surface area (Å²) in [5.74, 6) is -0.0726. The molecule has 3 rings (SSSR count). The summed E-state index contributed by atoms with van der Waals surface area (Å²) in [4.78, 5) is 37.1. The van der Waals surface area contributed by atoms with E-state index in [1.54, 1.807) is 4.68 Å². The summed E-state index contributed by atoms with van der Waals surface area (Å²) in [7, 11) is 0. The Morgan fingerprint density at radius 1 is 1.23 bits per heavy atom. The first kappa shape index (κ1) is 22.3. The number of aromatic nitrogens is 2. The van der Waals surface area contributed by atoms with Crippen LogP contribution in [0.1, 0.15) is 47.2 Å². The van der Waals surface area contributed by atoms with Gasteiger partial charge >= 0.3 is 0 Å². The standard InChI is InChI=1S/C21H27N5O5/c1-20(2,3)16-10-17(25(23-16)21(4,5)6)22-18(27)11-24-14-9-13(26(29)30)7-8-15(14)31-12-19(24)28/h7-10H,11-12H2,1-6H3,(H,22,27). The van der Waals surface area contributed by atoms with Crippen molar-refractivity contribution in [1.29, 1.82) is 0 Å². The van der Waals surface area contributed by atoms with Crippen LogP contribution in [0.3, 0.4) is 0 Å². The summed E-state index contributed by atoms with van der Waals surface area (Å²) < 4.78 is 7.09. The van der Waals surface area contributed by atoms with Gasteiger partial charge in [0.2, 0.25) is 5.91 Å². The van der Waals surface area contributed by atoms with Crippen LogP contribution < -0.4 is 15.0 Å². The van der Waals surface area contributed by atoms with Crippen molar-refractivity contribution < 1.29 is 19.2 Å². The van der Waals surface area contributed by atoms with E-state index in [2.05, 4.69) is 10.4 Å². The van der Waals surface area contributed by atoms with Crippen LogP contribution in [0.2, 0.25) is 0 Å². The molecule has 0 aliphatic carbocycles. The lowest BCUT2D eigenvalue weighted by Gasteiger charge is -2.29. The molecule has 1 aromatic heterocycles. The van der Waals surface area contributed by atoms with Crippen molar-refractivity contribution in [3.05, 3.63) is 40.1 Å². The molecule has 1 aliphatic heterocycles. The number of nitro benzene ring substituents is 1. The van der Waals surface area contributed by atoms with Crippen molar-refractivity contribution in [2.24, 2.45) is 0 Å². The molecule has 0 radical (unpaired) electrons. The van der Waals surface area contributed by atoms with Crippen LogP contribution in [0.5, 0.6) is 5.75 Å². The van der Waals surface area contributed by atoms with Crippen LogP contribution in [0.15, 0.2) is 24.3 Å². The Morgan fingerprint density at radius 2 is 1.90 bits per heavy atom. The fraction of sp³-hybridized carbons (Fsp3) is 0.476. The van der Waals surface area contributed by atoms with E-state index >= 15 is 0 Å². The van der Waals surface area contributed by atoms with Crippen molar-refractivity contribution >= 4 is 29.0 Å².